The van der Waals surface area contributed by atoms with Crippen LogP contribution in [0.1, 0.15) is 6.92 Å². The van der Waals surface area contributed by atoms with Crippen molar-refractivity contribution in [1.29, 1.82) is 0 Å². The number of halogens is 1. The lowest BCUT2D eigenvalue weighted by atomic mass is 10.1. The highest BCUT2D eigenvalue weighted by atomic mass is 35.5. The van der Waals surface area contributed by atoms with E-state index in [4.69, 9.17) is 16.3 Å². The number of hydrogen-bond donors (Lipinski definition) is 1. The van der Waals surface area contributed by atoms with Crippen LogP contribution >= 0.6 is 11.6 Å². The lowest BCUT2D eigenvalue weighted by molar-refractivity contribution is 0.182. The van der Waals surface area contributed by atoms with E-state index in [9.17, 15) is 4.79 Å². The van der Waals surface area contributed by atoms with Gasteiger partial charge in [-0.3, -0.25) is 4.79 Å². The van der Waals surface area contributed by atoms with Crippen LogP contribution in [0.3, 0.4) is 0 Å². The van der Waals surface area contributed by atoms with Crippen molar-refractivity contribution in [3.05, 3.63) is 21.6 Å². The Bertz CT molecular complexity index is 487. The molecule has 1 N–H and O–H groups in total. The van der Waals surface area contributed by atoms with Gasteiger partial charge in [0.25, 0.3) is 5.56 Å². The predicted molar refractivity (Wildman–Crippen MR) is 75.1 cm³/mol. The molecule has 0 unspecified atom stereocenters. The van der Waals surface area contributed by atoms with Crippen LogP contribution in [0.25, 0.3) is 0 Å². The number of aromatic nitrogens is 2. The Morgan fingerprint density at radius 1 is 1.63 bits per heavy atom. The smallest absolute Gasteiger partial charge is 0.287 e. The van der Waals surface area contributed by atoms with Crippen molar-refractivity contribution in [2.45, 2.75) is 19.5 Å². The van der Waals surface area contributed by atoms with Crippen LogP contribution in [0, 0.1) is 0 Å². The van der Waals surface area contributed by atoms with Crippen molar-refractivity contribution in [2.75, 3.05) is 38.3 Å². The molecule has 0 amide bonds. The molecule has 1 saturated heterocycles. The summed E-state index contributed by atoms with van der Waals surface area (Å²) in [5, 5.41) is 7.61. The van der Waals surface area contributed by atoms with E-state index in [0.29, 0.717) is 24.9 Å². The summed E-state index contributed by atoms with van der Waals surface area (Å²) in [5.41, 5.74) is 0.455. The number of rotatable bonds is 6. The van der Waals surface area contributed by atoms with Gasteiger partial charge < -0.3 is 15.0 Å². The molecular weight excluding hydrogens is 268 g/mol. The van der Waals surface area contributed by atoms with Crippen molar-refractivity contribution in [2.24, 2.45) is 0 Å². The summed E-state index contributed by atoms with van der Waals surface area (Å²) in [7, 11) is 1.59. The number of hydrogen-bond acceptors (Lipinski definition) is 5. The lowest BCUT2D eigenvalue weighted by Gasteiger charge is -2.39. The Balaban J connectivity index is 2.26. The molecule has 0 radical (unpaired) electrons. The zero-order valence-corrected chi connectivity index (χ0v) is 12.0. The number of anilines is 1. The number of likely N-dealkylation sites (N-methyl/N-ethyl adjacent to an activating group) is 1. The van der Waals surface area contributed by atoms with Crippen molar-refractivity contribution >= 4 is 17.3 Å². The van der Waals surface area contributed by atoms with Gasteiger partial charge >= 0.3 is 0 Å². The van der Waals surface area contributed by atoms with Gasteiger partial charge in [0.15, 0.2) is 0 Å². The largest absolute Gasteiger partial charge is 0.383 e. The Hall–Kier alpha value is -1.11. The summed E-state index contributed by atoms with van der Waals surface area (Å²) in [6.07, 6.45) is 1.67. The topological polar surface area (TPSA) is 59.4 Å². The summed E-state index contributed by atoms with van der Waals surface area (Å²) < 4.78 is 6.28. The molecule has 7 heteroatoms. The molecule has 2 rings (SSSR count). The molecule has 1 fully saturated rings. The molecule has 0 aliphatic carbocycles. The van der Waals surface area contributed by atoms with E-state index in [0.717, 1.165) is 19.6 Å². The summed E-state index contributed by atoms with van der Waals surface area (Å²) in [6.45, 7) is 5.52. The van der Waals surface area contributed by atoms with E-state index in [-0.39, 0.29) is 10.6 Å². The maximum absolute atomic E-state index is 12.1. The Morgan fingerprint density at radius 2 is 2.37 bits per heavy atom. The third-order valence-electron chi connectivity index (χ3n) is 3.32. The summed E-state index contributed by atoms with van der Waals surface area (Å²) in [4.78, 5) is 14.2. The van der Waals surface area contributed by atoms with E-state index in [1.54, 1.807) is 13.3 Å². The van der Waals surface area contributed by atoms with Gasteiger partial charge in [-0.25, -0.2) is 4.68 Å². The zero-order valence-electron chi connectivity index (χ0n) is 11.2. The number of methoxy groups -OCH3 is 1. The first-order valence-electron chi connectivity index (χ1n) is 6.41. The first-order chi connectivity index (χ1) is 9.19. The average Bonchev–Trinajstić information content (AvgIpc) is 2.36. The van der Waals surface area contributed by atoms with Gasteiger partial charge in [-0.1, -0.05) is 11.6 Å². The number of ether oxygens (including phenoxy) is 1. The minimum absolute atomic E-state index is 0.236. The molecule has 0 aromatic carbocycles. The van der Waals surface area contributed by atoms with Crippen LogP contribution in [-0.4, -0.2) is 49.2 Å². The highest BCUT2D eigenvalue weighted by Gasteiger charge is 2.26. The van der Waals surface area contributed by atoms with Crippen LogP contribution in [0.4, 0.5) is 5.69 Å². The van der Waals surface area contributed by atoms with Gasteiger partial charge in [-0.05, 0) is 6.92 Å². The maximum Gasteiger partial charge on any atom is 0.287 e. The molecule has 1 aliphatic heterocycles. The minimum atomic E-state index is -0.262. The maximum atomic E-state index is 12.1. The van der Waals surface area contributed by atoms with Gasteiger partial charge in [-0.2, -0.15) is 5.10 Å². The molecule has 6 nitrogen and oxygen atoms in total. The molecule has 0 saturated carbocycles. The SMILES string of the molecule is CCN(c1cnn(CCOC)c(=O)c1Cl)C1CNC1. The summed E-state index contributed by atoms with van der Waals surface area (Å²) >= 11 is 6.20. The molecule has 1 aromatic heterocycles. The Kier molecular flexibility index (Phi) is 4.79. The van der Waals surface area contributed by atoms with Gasteiger partial charge in [0.1, 0.15) is 5.02 Å². The molecule has 0 atom stereocenters. The van der Waals surface area contributed by atoms with E-state index >= 15 is 0 Å². The van der Waals surface area contributed by atoms with Gasteiger partial charge in [0, 0.05) is 26.7 Å². The molecule has 0 bridgehead atoms. The molecule has 19 heavy (non-hydrogen) atoms. The molecule has 106 valence electrons. The van der Waals surface area contributed by atoms with E-state index < -0.39 is 0 Å². The van der Waals surface area contributed by atoms with Crippen LogP contribution in [-0.2, 0) is 11.3 Å². The fourth-order valence-electron chi connectivity index (χ4n) is 2.11. The van der Waals surface area contributed by atoms with Gasteiger partial charge in [0.2, 0.25) is 0 Å². The van der Waals surface area contributed by atoms with Crippen LogP contribution in [0.5, 0.6) is 0 Å². The minimum Gasteiger partial charge on any atom is -0.383 e. The molecule has 2 heterocycles. The fraction of sp³-hybridized carbons (Fsp3) is 0.667. The van der Waals surface area contributed by atoms with Crippen molar-refractivity contribution in [3.63, 3.8) is 0 Å². The van der Waals surface area contributed by atoms with Crippen LogP contribution in [0.15, 0.2) is 11.0 Å². The average molecular weight is 287 g/mol. The van der Waals surface area contributed by atoms with Crippen LogP contribution < -0.4 is 15.8 Å². The predicted octanol–water partition coefficient (Wildman–Crippen LogP) is 0.341. The standard InChI is InChI=1S/C12H19ClN4O2/c1-3-16(9-6-14-7-9)10-8-15-17(4-5-19-2)12(18)11(10)13/h8-9,14H,3-7H2,1-2H3. The van der Waals surface area contributed by atoms with E-state index in [1.165, 1.54) is 4.68 Å². The van der Waals surface area contributed by atoms with Gasteiger partial charge in [0.05, 0.1) is 31.1 Å². The molecule has 1 aliphatic rings. The Morgan fingerprint density at radius 3 is 2.89 bits per heavy atom. The second-order valence-corrected chi connectivity index (χ2v) is 4.84. The number of nitrogens with zero attached hydrogens (tertiary/aromatic N) is 3. The van der Waals surface area contributed by atoms with Crippen molar-refractivity contribution < 1.29 is 4.74 Å². The molecule has 0 spiro atoms. The highest BCUT2D eigenvalue weighted by molar-refractivity contribution is 6.33. The van der Waals surface area contributed by atoms with Crippen molar-refractivity contribution in [1.82, 2.24) is 15.1 Å². The quantitative estimate of drug-likeness (QED) is 0.817. The monoisotopic (exact) mass is 286 g/mol. The van der Waals surface area contributed by atoms with Crippen LogP contribution in [0.2, 0.25) is 5.02 Å². The first-order valence-corrected chi connectivity index (χ1v) is 6.78. The first kappa shape index (κ1) is 14.3. The number of nitrogens with one attached hydrogen (secondary N) is 1. The van der Waals surface area contributed by atoms with Crippen molar-refractivity contribution in [3.8, 4) is 0 Å². The second kappa shape index (κ2) is 6.36. The zero-order chi connectivity index (χ0) is 13.8. The molecule has 1 aromatic rings. The van der Waals surface area contributed by atoms with E-state index in [1.807, 2.05) is 6.92 Å². The third-order valence-corrected chi connectivity index (χ3v) is 3.68. The summed E-state index contributed by atoms with van der Waals surface area (Å²) in [5.74, 6) is 0. The van der Waals surface area contributed by atoms with Gasteiger partial charge in [-0.15, -0.1) is 0 Å². The van der Waals surface area contributed by atoms with E-state index in [2.05, 4.69) is 15.3 Å². The molecular formula is C12H19ClN4O2. The Labute approximate surface area is 117 Å². The lowest BCUT2D eigenvalue weighted by Crippen LogP contribution is -2.57. The second-order valence-electron chi connectivity index (χ2n) is 4.46. The highest BCUT2D eigenvalue weighted by Crippen LogP contribution is 2.24. The normalized spacial score (nSPS) is 15.3. The fourth-order valence-corrected chi connectivity index (χ4v) is 2.37. The third kappa shape index (κ3) is 2.91. The summed E-state index contributed by atoms with van der Waals surface area (Å²) in [6, 6.07) is 0.388.